The molecule has 12 heavy (non-hydrogen) atoms. The summed E-state index contributed by atoms with van der Waals surface area (Å²) in [5.74, 6) is 0. The van der Waals surface area contributed by atoms with E-state index in [1.165, 1.54) is 6.20 Å². The van der Waals surface area contributed by atoms with Gasteiger partial charge in [0.1, 0.15) is 0 Å². The lowest BCUT2D eigenvalue weighted by molar-refractivity contribution is 0.425. The van der Waals surface area contributed by atoms with E-state index < -0.39 is 7.12 Å². The van der Waals surface area contributed by atoms with Crippen LogP contribution >= 0.6 is 0 Å². The molecule has 1 aromatic rings. The number of rotatable bonds is 3. The third-order valence-electron chi connectivity index (χ3n) is 1.58. The number of hydrogen-bond acceptors (Lipinski definition) is 3. The zero-order valence-corrected chi connectivity index (χ0v) is 6.64. The molecule has 0 atom stereocenters. The third-order valence-corrected chi connectivity index (χ3v) is 1.58. The molecule has 1 aromatic heterocycles. The van der Waals surface area contributed by atoms with Gasteiger partial charge in [0, 0.05) is 12.4 Å². The highest BCUT2D eigenvalue weighted by atomic mass is 16.4. The number of aromatic nitrogens is 1. The molecule has 0 aliphatic heterocycles. The Kier molecular flexibility index (Phi) is 3.02. The molecule has 0 fully saturated rings. The van der Waals surface area contributed by atoms with Crippen LogP contribution in [0, 0.1) is 0 Å². The van der Waals surface area contributed by atoms with Crippen LogP contribution in [0.3, 0.4) is 0 Å². The Bertz CT molecular complexity index is 276. The van der Waals surface area contributed by atoms with Crippen LogP contribution in [-0.2, 0) is 6.42 Å². The highest BCUT2D eigenvalue weighted by molar-refractivity contribution is 6.59. The number of pyridine rings is 1. The van der Waals surface area contributed by atoms with Crippen LogP contribution in [0.2, 0.25) is 0 Å². The number of hydrogen-bond donors (Lipinski definition) is 2. The maximum Gasteiger partial charge on any atom is 0.488 e. The van der Waals surface area contributed by atoms with Gasteiger partial charge >= 0.3 is 7.12 Å². The summed E-state index contributed by atoms with van der Waals surface area (Å²) in [5.41, 5.74) is 1.28. The summed E-state index contributed by atoms with van der Waals surface area (Å²) in [6, 6.07) is 1.59. The summed E-state index contributed by atoms with van der Waals surface area (Å²) in [7, 11) is -1.43. The lowest BCUT2D eigenvalue weighted by atomic mass is 9.77. The van der Waals surface area contributed by atoms with Gasteiger partial charge in [-0.25, -0.2) is 0 Å². The zero-order chi connectivity index (χ0) is 8.97. The van der Waals surface area contributed by atoms with Crippen molar-refractivity contribution >= 4 is 12.6 Å². The van der Waals surface area contributed by atoms with E-state index in [1.54, 1.807) is 18.3 Å². The van der Waals surface area contributed by atoms with Crippen molar-refractivity contribution in [2.45, 2.75) is 6.42 Å². The minimum absolute atomic E-state index is 0.491. The van der Waals surface area contributed by atoms with Crippen LogP contribution in [0.4, 0.5) is 0 Å². The molecule has 0 saturated heterocycles. The van der Waals surface area contributed by atoms with Crippen molar-refractivity contribution in [3.63, 3.8) is 0 Å². The van der Waals surface area contributed by atoms with E-state index in [0.717, 1.165) is 5.56 Å². The van der Waals surface area contributed by atoms with Crippen molar-refractivity contribution in [1.82, 2.24) is 4.98 Å². The molecule has 2 N–H and O–H groups in total. The second-order valence-electron chi connectivity index (χ2n) is 2.44. The molecular weight excluding hydrogens is 153 g/mol. The SMILES string of the molecule is C=CCc1cnccc1B(O)O. The van der Waals surface area contributed by atoms with Crippen LogP contribution in [0.15, 0.2) is 31.1 Å². The van der Waals surface area contributed by atoms with Crippen molar-refractivity contribution in [3.8, 4) is 0 Å². The minimum Gasteiger partial charge on any atom is -0.423 e. The topological polar surface area (TPSA) is 53.4 Å². The van der Waals surface area contributed by atoms with E-state index in [-0.39, 0.29) is 0 Å². The first-order valence-electron chi connectivity index (χ1n) is 3.65. The Hall–Kier alpha value is -1.13. The van der Waals surface area contributed by atoms with Gasteiger partial charge in [-0.1, -0.05) is 6.08 Å². The number of nitrogens with zero attached hydrogens (tertiary/aromatic N) is 1. The molecule has 0 aliphatic carbocycles. The first-order valence-corrected chi connectivity index (χ1v) is 3.65. The average molecular weight is 163 g/mol. The molecule has 62 valence electrons. The Balaban J connectivity index is 2.99. The molecule has 1 heterocycles. The van der Waals surface area contributed by atoms with Crippen LogP contribution in [-0.4, -0.2) is 22.2 Å². The average Bonchev–Trinajstić information content (AvgIpc) is 2.05. The van der Waals surface area contributed by atoms with Gasteiger partial charge in [-0.05, 0) is 23.5 Å². The normalized spacial score (nSPS) is 9.50. The molecule has 0 spiro atoms. The Morgan fingerprint density at radius 1 is 1.58 bits per heavy atom. The summed E-state index contributed by atoms with van der Waals surface area (Å²) < 4.78 is 0. The van der Waals surface area contributed by atoms with Gasteiger partial charge in [0.25, 0.3) is 0 Å². The first kappa shape index (κ1) is 8.97. The fourth-order valence-electron chi connectivity index (χ4n) is 1.02. The molecule has 1 rings (SSSR count). The molecular formula is C8H10BNO2. The van der Waals surface area contributed by atoms with Gasteiger partial charge in [-0.3, -0.25) is 4.98 Å². The lowest BCUT2D eigenvalue weighted by Crippen LogP contribution is -2.32. The van der Waals surface area contributed by atoms with Crippen LogP contribution in [0.1, 0.15) is 5.56 Å². The Morgan fingerprint density at radius 3 is 2.92 bits per heavy atom. The third kappa shape index (κ3) is 1.93. The highest BCUT2D eigenvalue weighted by Crippen LogP contribution is 1.95. The van der Waals surface area contributed by atoms with Crippen molar-refractivity contribution in [1.29, 1.82) is 0 Å². The molecule has 3 nitrogen and oxygen atoms in total. The summed E-state index contributed by atoms with van der Waals surface area (Å²) in [6.07, 6.45) is 5.43. The molecule has 4 heteroatoms. The van der Waals surface area contributed by atoms with Gasteiger partial charge < -0.3 is 10.0 Å². The predicted molar refractivity (Wildman–Crippen MR) is 48.0 cm³/mol. The van der Waals surface area contributed by atoms with Gasteiger partial charge in [0.05, 0.1) is 0 Å². The second kappa shape index (κ2) is 4.04. The molecule has 0 saturated carbocycles. The molecule has 0 unspecified atom stereocenters. The van der Waals surface area contributed by atoms with Gasteiger partial charge in [-0.15, -0.1) is 6.58 Å². The van der Waals surface area contributed by atoms with Crippen molar-refractivity contribution in [3.05, 3.63) is 36.7 Å². The molecule has 0 radical (unpaired) electrons. The van der Waals surface area contributed by atoms with Crippen molar-refractivity contribution in [2.75, 3.05) is 0 Å². The predicted octanol–water partition coefficient (Wildman–Crippen LogP) is -0.510. The quantitative estimate of drug-likeness (QED) is 0.466. The first-order chi connectivity index (χ1) is 5.75. The summed E-state index contributed by atoms with van der Waals surface area (Å²) in [5, 5.41) is 17.8. The van der Waals surface area contributed by atoms with Crippen LogP contribution < -0.4 is 5.46 Å². The van der Waals surface area contributed by atoms with E-state index in [4.69, 9.17) is 10.0 Å². The standard InChI is InChI=1S/C8H10BNO2/c1-2-3-7-6-10-5-4-8(7)9(11)12/h2,4-6,11-12H,1,3H2. The van der Waals surface area contributed by atoms with Crippen LogP contribution in [0.5, 0.6) is 0 Å². The zero-order valence-electron chi connectivity index (χ0n) is 6.64. The lowest BCUT2D eigenvalue weighted by Gasteiger charge is -2.04. The maximum absolute atomic E-state index is 8.92. The Morgan fingerprint density at radius 2 is 2.33 bits per heavy atom. The minimum atomic E-state index is -1.43. The van der Waals surface area contributed by atoms with Crippen molar-refractivity contribution < 1.29 is 10.0 Å². The van der Waals surface area contributed by atoms with E-state index >= 15 is 0 Å². The van der Waals surface area contributed by atoms with Gasteiger partial charge in [-0.2, -0.15) is 0 Å². The van der Waals surface area contributed by atoms with Crippen molar-refractivity contribution in [2.24, 2.45) is 0 Å². The van der Waals surface area contributed by atoms with Gasteiger partial charge in [0.15, 0.2) is 0 Å². The van der Waals surface area contributed by atoms with E-state index in [0.29, 0.717) is 11.9 Å². The maximum atomic E-state index is 8.92. The molecule has 0 aliphatic rings. The fraction of sp³-hybridized carbons (Fsp3) is 0.125. The summed E-state index contributed by atoms with van der Waals surface area (Å²) in [4.78, 5) is 3.88. The highest BCUT2D eigenvalue weighted by Gasteiger charge is 2.14. The van der Waals surface area contributed by atoms with Crippen LogP contribution in [0.25, 0.3) is 0 Å². The summed E-state index contributed by atoms with van der Waals surface area (Å²) >= 11 is 0. The Labute approximate surface area is 71.5 Å². The fourth-order valence-corrected chi connectivity index (χ4v) is 1.02. The number of allylic oxidation sites excluding steroid dienone is 1. The second-order valence-corrected chi connectivity index (χ2v) is 2.44. The van der Waals surface area contributed by atoms with E-state index in [1.807, 2.05) is 0 Å². The van der Waals surface area contributed by atoms with E-state index in [9.17, 15) is 0 Å². The smallest absolute Gasteiger partial charge is 0.423 e. The van der Waals surface area contributed by atoms with Gasteiger partial charge in [0.2, 0.25) is 0 Å². The molecule has 0 bridgehead atoms. The largest absolute Gasteiger partial charge is 0.488 e. The monoisotopic (exact) mass is 163 g/mol. The van der Waals surface area contributed by atoms with E-state index in [2.05, 4.69) is 11.6 Å². The summed E-state index contributed by atoms with van der Waals surface area (Å²) in [6.45, 7) is 3.57. The molecule has 0 aromatic carbocycles. The molecule has 0 amide bonds.